The minimum Gasteiger partial charge on any atom is -0.302 e. The molecule has 26 heavy (non-hydrogen) atoms. The highest BCUT2D eigenvalue weighted by atomic mass is 32.2. The van der Waals surface area contributed by atoms with E-state index in [2.05, 4.69) is 28.1 Å². The molecule has 1 N–H and O–H groups in total. The van der Waals surface area contributed by atoms with Gasteiger partial charge in [0.2, 0.25) is 10.0 Å². The second kappa shape index (κ2) is 8.21. The Hall–Kier alpha value is -1.21. The molecule has 0 amide bonds. The Kier molecular flexibility index (Phi) is 6.17. The molecule has 0 aliphatic carbocycles. The Balaban J connectivity index is 1.56. The molecule has 5 nitrogen and oxygen atoms in total. The van der Waals surface area contributed by atoms with Crippen molar-refractivity contribution in [3.8, 4) is 0 Å². The van der Waals surface area contributed by atoms with Crippen molar-refractivity contribution in [3.05, 3.63) is 42.5 Å². The van der Waals surface area contributed by atoms with E-state index in [1.54, 1.807) is 12.1 Å². The van der Waals surface area contributed by atoms with Crippen LogP contribution in [-0.2, 0) is 10.0 Å². The lowest BCUT2D eigenvalue weighted by molar-refractivity contribution is -0.00640. The van der Waals surface area contributed by atoms with E-state index < -0.39 is 10.0 Å². The third-order valence-electron chi connectivity index (χ3n) is 5.84. The largest absolute Gasteiger partial charge is 0.302 e. The van der Waals surface area contributed by atoms with Crippen LogP contribution in [0.15, 0.2) is 41.8 Å². The summed E-state index contributed by atoms with van der Waals surface area (Å²) in [5.41, 5.74) is 1.06. The molecular weight excluding hydrogens is 346 g/mol. The fourth-order valence-electron chi connectivity index (χ4n) is 4.37. The summed E-state index contributed by atoms with van der Waals surface area (Å²) in [6.07, 6.45) is 4.26. The maximum atomic E-state index is 12.5. The van der Waals surface area contributed by atoms with Crippen molar-refractivity contribution >= 4 is 10.0 Å². The Morgan fingerprint density at radius 1 is 1.35 bits per heavy atom. The molecule has 3 heterocycles. The monoisotopic (exact) mass is 377 g/mol. The van der Waals surface area contributed by atoms with Gasteiger partial charge in [-0.2, -0.15) is 0 Å². The highest BCUT2D eigenvalue weighted by molar-refractivity contribution is 7.89. The second-order valence-corrected chi connectivity index (χ2v) is 9.64. The van der Waals surface area contributed by atoms with Crippen molar-refractivity contribution in [2.75, 3.05) is 39.8 Å². The standard InChI is InChI=1S/C20H31N3O2S/c1-4-10-22(3)14-18-15-23-11-9-17(18)12-19(23)13-21-26(24,25)20-7-5-16(2)6-8-20/h4-8,17-19,21H,1,9-15H2,2-3H3/t17-,18-,19+/m0/s1. The first-order valence-corrected chi connectivity index (χ1v) is 11.0. The number of likely N-dealkylation sites (N-methyl/N-ethyl adjacent to an activating group) is 1. The first-order valence-electron chi connectivity index (χ1n) is 9.49. The zero-order chi connectivity index (χ0) is 18.7. The number of rotatable bonds is 8. The molecule has 1 aromatic rings. The van der Waals surface area contributed by atoms with Gasteiger partial charge in [0.05, 0.1) is 4.90 Å². The smallest absolute Gasteiger partial charge is 0.240 e. The van der Waals surface area contributed by atoms with Crippen LogP contribution in [-0.4, -0.2) is 64.0 Å². The number of piperidine rings is 3. The molecule has 0 radical (unpaired) electrons. The van der Waals surface area contributed by atoms with Crippen molar-refractivity contribution in [2.45, 2.75) is 30.7 Å². The molecule has 2 bridgehead atoms. The number of hydrogen-bond acceptors (Lipinski definition) is 4. The maximum Gasteiger partial charge on any atom is 0.240 e. The molecular formula is C20H31N3O2S. The molecule has 0 spiro atoms. The molecule has 6 heteroatoms. The zero-order valence-electron chi connectivity index (χ0n) is 15.9. The lowest BCUT2D eigenvalue weighted by atomic mass is 9.75. The fourth-order valence-corrected chi connectivity index (χ4v) is 5.44. The van der Waals surface area contributed by atoms with E-state index in [0.717, 1.165) is 38.2 Å². The van der Waals surface area contributed by atoms with Gasteiger partial charge >= 0.3 is 0 Å². The maximum absolute atomic E-state index is 12.5. The van der Waals surface area contributed by atoms with Gasteiger partial charge < -0.3 is 4.90 Å². The lowest BCUT2D eigenvalue weighted by Crippen LogP contribution is -2.58. The normalized spacial score (nSPS) is 28.4. The van der Waals surface area contributed by atoms with E-state index >= 15 is 0 Å². The Morgan fingerprint density at radius 2 is 2.08 bits per heavy atom. The quantitative estimate of drug-likeness (QED) is 0.705. The van der Waals surface area contributed by atoms with E-state index in [4.69, 9.17) is 0 Å². The van der Waals surface area contributed by atoms with Gasteiger partial charge in [-0.25, -0.2) is 13.1 Å². The van der Waals surface area contributed by atoms with E-state index in [1.807, 2.05) is 25.1 Å². The number of fused-ring (bicyclic) bond motifs is 3. The van der Waals surface area contributed by atoms with E-state index in [1.165, 1.54) is 6.42 Å². The molecule has 4 rings (SSSR count). The van der Waals surface area contributed by atoms with Crippen molar-refractivity contribution in [1.29, 1.82) is 0 Å². The van der Waals surface area contributed by atoms with E-state index in [-0.39, 0.29) is 0 Å². The average Bonchev–Trinajstić information content (AvgIpc) is 2.61. The average molecular weight is 378 g/mol. The van der Waals surface area contributed by atoms with Gasteiger partial charge in [0.1, 0.15) is 0 Å². The minimum absolute atomic E-state index is 0.315. The minimum atomic E-state index is -3.43. The van der Waals surface area contributed by atoms with Crippen LogP contribution in [0.1, 0.15) is 18.4 Å². The summed E-state index contributed by atoms with van der Waals surface area (Å²) < 4.78 is 27.9. The predicted octanol–water partition coefficient (Wildman–Crippen LogP) is 2.10. The summed E-state index contributed by atoms with van der Waals surface area (Å²) >= 11 is 0. The van der Waals surface area contributed by atoms with Crippen LogP contribution in [0.3, 0.4) is 0 Å². The first-order chi connectivity index (χ1) is 12.4. The second-order valence-electron chi connectivity index (χ2n) is 7.87. The molecule has 1 aromatic carbocycles. The number of aryl methyl sites for hydroxylation is 1. The van der Waals surface area contributed by atoms with Gasteiger partial charge in [0, 0.05) is 32.2 Å². The highest BCUT2D eigenvalue weighted by Crippen LogP contribution is 2.36. The van der Waals surface area contributed by atoms with E-state index in [9.17, 15) is 8.42 Å². The number of benzene rings is 1. The third kappa shape index (κ3) is 4.55. The van der Waals surface area contributed by atoms with Crippen LogP contribution in [0.2, 0.25) is 0 Å². The predicted molar refractivity (Wildman–Crippen MR) is 106 cm³/mol. The molecule has 3 saturated heterocycles. The fraction of sp³-hybridized carbons (Fsp3) is 0.600. The van der Waals surface area contributed by atoms with Gasteiger partial charge in [-0.05, 0) is 57.3 Å². The summed E-state index contributed by atoms with van der Waals surface area (Å²) in [6, 6.07) is 7.35. The van der Waals surface area contributed by atoms with Crippen LogP contribution in [0.4, 0.5) is 0 Å². The molecule has 3 fully saturated rings. The molecule has 1 unspecified atom stereocenters. The molecule has 3 aliphatic heterocycles. The van der Waals surface area contributed by atoms with Gasteiger partial charge in [0.15, 0.2) is 0 Å². The summed E-state index contributed by atoms with van der Waals surface area (Å²) in [6.45, 7) is 10.4. The Labute approximate surface area is 158 Å². The highest BCUT2D eigenvalue weighted by Gasteiger charge is 2.40. The van der Waals surface area contributed by atoms with E-state index in [0.29, 0.717) is 29.3 Å². The number of sulfonamides is 1. The molecule has 144 valence electrons. The Bertz CT molecular complexity index is 717. The van der Waals surface area contributed by atoms with Crippen LogP contribution >= 0.6 is 0 Å². The topological polar surface area (TPSA) is 52.6 Å². The number of nitrogens with zero attached hydrogens (tertiary/aromatic N) is 2. The lowest BCUT2D eigenvalue weighted by Gasteiger charge is -2.50. The van der Waals surface area contributed by atoms with Crippen LogP contribution in [0, 0.1) is 18.8 Å². The first kappa shape index (κ1) is 19.5. The van der Waals surface area contributed by atoms with Gasteiger partial charge in [0.25, 0.3) is 0 Å². The molecule has 0 aromatic heterocycles. The van der Waals surface area contributed by atoms with Crippen LogP contribution in [0.5, 0.6) is 0 Å². The Morgan fingerprint density at radius 3 is 2.69 bits per heavy atom. The van der Waals surface area contributed by atoms with Gasteiger partial charge in [-0.1, -0.05) is 23.8 Å². The summed E-state index contributed by atoms with van der Waals surface area (Å²) in [5.74, 6) is 1.37. The summed E-state index contributed by atoms with van der Waals surface area (Å²) in [5, 5.41) is 0. The molecule has 3 aliphatic rings. The van der Waals surface area contributed by atoms with Crippen molar-refractivity contribution in [1.82, 2.24) is 14.5 Å². The summed E-state index contributed by atoms with van der Waals surface area (Å²) in [7, 11) is -1.28. The molecule has 4 atom stereocenters. The van der Waals surface area contributed by atoms with Crippen molar-refractivity contribution in [2.24, 2.45) is 11.8 Å². The van der Waals surface area contributed by atoms with Crippen LogP contribution < -0.4 is 4.72 Å². The zero-order valence-corrected chi connectivity index (χ0v) is 16.7. The SMILES string of the molecule is C=CCN(C)C[C@H]1CN2CC[C@H]1C[C@@H]2CNS(=O)(=O)c1ccc(C)cc1. The summed E-state index contributed by atoms with van der Waals surface area (Å²) in [4.78, 5) is 5.15. The third-order valence-corrected chi connectivity index (χ3v) is 7.28. The van der Waals surface area contributed by atoms with Gasteiger partial charge in [-0.15, -0.1) is 6.58 Å². The van der Waals surface area contributed by atoms with Crippen LogP contribution in [0.25, 0.3) is 0 Å². The number of hydrogen-bond donors (Lipinski definition) is 1. The molecule has 0 saturated carbocycles. The van der Waals surface area contributed by atoms with Crippen molar-refractivity contribution in [3.63, 3.8) is 0 Å². The van der Waals surface area contributed by atoms with Gasteiger partial charge in [-0.3, -0.25) is 4.90 Å². The number of nitrogens with one attached hydrogen (secondary N) is 1. The van der Waals surface area contributed by atoms with Crippen molar-refractivity contribution < 1.29 is 8.42 Å².